The molecule has 0 saturated heterocycles. The van der Waals surface area contributed by atoms with E-state index in [9.17, 15) is 0 Å². The number of ether oxygens (including phenoxy) is 1. The fraction of sp³-hybridized carbons (Fsp3) is 0.625. The normalized spacial score (nSPS) is 23.2. The highest BCUT2D eigenvalue weighted by Crippen LogP contribution is 2.39. The lowest BCUT2D eigenvalue weighted by Gasteiger charge is -2.20. The molecule has 1 fully saturated rings. The Morgan fingerprint density at radius 2 is 2.00 bits per heavy atom. The van der Waals surface area contributed by atoms with Crippen molar-refractivity contribution in [1.82, 2.24) is 5.32 Å². The third-order valence-electron chi connectivity index (χ3n) is 4.04. The summed E-state index contributed by atoms with van der Waals surface area (Å²) in [4.78, 5) is 0. The van der Waals surface area contributed by atoms with E-state index in [0.717, 1.165) is 24.1 Å². The number of rotatable bonds is 6. The molecule has 2 rings (SSSR count). The van der Waals surface area contributed by atoms with Crippen molar-refractivity contribution >= 4 is 0 Å². The van der Waals surface area contributed by atoms with Crippen LogP contribution in [0.2, 0.25) is 0 Å². The zero-order valence-corrected chi connectivity index (χ0v) is 11.6. The van der Waals surface area contributed by atoms with E-state index < -0.39 is 0 Å². The minimum atomic E-state index is 0.736. The van der Waals surface area contributed by atoms with Gasteiger partial charge in [-0.3, -0.25) is 0 Å². The molecule has 2 nitrogen and oxygen atoms in total. The van der Waals surface area contributed by atoms with Crippen molar-refractivity contribution in [2.75, 3.05) is 20.2 Å². The lowest BCUT2D eigenvalue weighted by atomic mass is 9.89. The maximum atomic E-state index is 5.23. The molecule has 1 N–H and O–H groups in total. The van der Waals surface area contributed by atoms with Gasteiger partial charge in [0, 0.05) is 0 Å². The van der Waals surface area contributed by atoms with Crippen molar-refractivity contribution in [1.29, 1.82) is 0 Å². The van der Waals surface area contributed by atoms with E-state index in [1.165, 1.54) is 37.8 Å². The van der Waals surface area contributed by atoms with Gasteiger partial charge in [-0.25, -0.2) is 0 Å². The van der Waals surface area contributed by atoms with Crippen LogP contribution in [0.15, 0.2) is 24.3 Å². The van der Waals surface area contributed by atoms with Crippen LogP contribution in [0.3, 0.4) is 0 Å². The van der Waals surface area contributed by atoms with E-state index in [0.29, 0.717) is 0 Å². The van der Waals surface area contributed by atoms with Gasteiger partial charge in [0.1, 0.15) is 5.75 Å². The number of hydrogen-bond donors (Lipinski definition) is 1. The summed E-state index contributed by atoms with van der Waals surface area (Å²) < 4.78 is 5.23. The molecule has 1 aliphatic rings. The summed E-state index contributed by atoms with van der Waals surface area (Å²) in [6.45, 7) is 4.54. The van der Waals surface area contributed by atoms with Gasteiger partial charge in [0.2, 0.25) is 0 Å². The molecular weight excluding hydrogens is 222 g/mol. The quantitative estimate of drug-likeness (QED) is 0.776. The van der Waals surface area contributed by atoms with Gasteiger partial charge < -0.3 is 10.1 Å². The molecule has 2 unspecified atom stereocenters. The van der Waals surface area contributed by atoms with Crippen molar-refractivity contribution in [3.63, 3.8) is 0 Å². The van der Waals surface area contributed by atoms with Crippen molar-refractivity contribution in [2.45, 2.75) is 38.5 Å². The molecule has 2 atom stereocenters. The van der Waals surface area contributed by atoms with Gasteiger partial charge in [-0.15, -0.1) is 0 Å². The minimum Gasteiger partial charge on any atom is -0.497 e. The number of nitrogens with one attached hydrogen (secondary N) is 1. The zero-order valence-electron chi connectivity index (χ0n) is 11.6. The van der Waals surface area contributed by atoms with E-state index in [-0.39, 0.29) is 0 Å². The SMILES string of the molecule is CCCNCC1CCCC1c1ccc(OC)cc1. The van der Waals surface area contributed by atoms with E-state index in [1.54, 1.807) is 7.11 Å². The number of benzene rings is 1. The molecule has 0 bridgehead atoms. The van der Waals surface area contributed by atoms with Crippen LogP contribution in [0.25, 0.3) is 0 Å². The van der Waals surface area contributed by atoms with Gasteiger partial charge in [-0.1, -0.05) is 25.5 Å². The highest BCUT2D eigenvalue weighted by Gasteiger charge is 2.27. The first-order chi connectivity index (χ1) is 8.85. The summed E-state index contributed by atoms with van der Waals surface area (Å²) in [6, 6.07) is 8.65. The highest BCUT2D eigenvalue weighted by atomic mass is 16.5. The van der Waals surface area contributed by atoms with E-state index in [2.05, 4.69) is 36.5 Å². The second-order valence-electron chi connectivity index (χ2n) is 5.27. The summed E-state index contributed by atoms with van der Waals surface area (Å²) in [5, 5.41) is 3.57. The summed E-state index contributed by atoms with van der Waals surface area (Å²) >= 11 is 0. The van der Waals surface area contributed by atoms with Crippen LogP contribution < -0.4 is 10.1 Å². The van der Waals surface area contributed by atoms with E-state index in [1.807, 2.05) is 0 Å². The van der Waals surface area contributed by atoms with Gasteiger partial charge in [0.05, 0.1) is 7.11 Å². The Balaban J connectivity index is 1.96. The Labute approximate surface area is 111 Å². The summed E-state index contributed by atoms with van der Waals surface area (Å²) in [5.74, 6) is 2.50. The molecule has 0 heterocycles. The first kappa shape index (κ1) is 13.4. The molecule has 1 aliphatic carbocycles. The summed E-state index contributed by atoms with van der Waals surface area (Å²) in [6.07, 6.45) is 5.30. The summed E-state index contributed by atoms with van der Waals surface area (Å²) in [5.41, 5.74) is 1.48. The number of methoxy groups -OCH3 is 1. The predicted molar refractivity (Wildman–Crippen MR) is 76.2 cm³/mol. The number of hydrogen-bond acceptors (Lipinski definition) is 2. The van der Waals surface area contributed by atoms with Gasteiger partial charge in [-0.05, 0) is 61.9 Å². The topological polar surface area (TPSA) is 21.3 Å². The molecule has 0 aliphatic heterocycles. The van der Waals surface area contributed by atoms with Crippen molar-refractivity contribution in [3.8, 4) is 5.75 Å². The Kier molecular flexibility index (Phi) is 5.06. The molecule has 18 heavy (non-hydrogen) atoms. The van der Waals surface area contributed by atoms with Gasteiger partial charge in [0.15, 0.2) is 0 Å². The lowest BCUT2D eigenvalue weighted by Crippen LogP contribution is -2.25. The summed E-state index contributed by atoms with van der Waals surface area (Å²) in [7, 11) is 1.72. The highest BCUT2D eigenvalue weighted by molar-refractivity contribution is 5.30. The van der Waals surface area contributed by atoms with Crippen LogP contribution in [0.4, 0.5) is 0 Å². The molecular formula is C16H25NO. The standard InChI is InChI=1S/C16H25NO/c1-3-11-17-12-14-5-4-6-16(14)13-7-9-15(18-2)10-8-13/h7-10,14,16-17H,3-6,11-12H2,1-2H3. The van der Waals surface area contributed by atoms with Gasteiger partial charge in [-0.2, -0.15) is 0 Å². The molecule has 1 saturated carbocycles. The monoisotopic (exact) mass is 247 g/mol. The zero-order chi connectivity index (χ0) is 12.8. The molecule has 1 aromatic rings. The van der Waals surface area contributed by atoms with Crippen LogP contribution in [-0.2, 0) is 0 Å². The Morgan fingerprint density at radius 3 is 2.67 bits per heavy atom. The maximum Gasteiger partial charge on any atom is 0.118 e. The van der Waals surface area contributed by atoms with E-state index in [4.69, 9.17) is 4.74 Å². The molecule has 1 aromatic carbocycles. The third-order valence-corrected chi connectivity index (χ3v) is 4.04. The first-order valence-electron chi connectivity index (χ1n) is 7.19. The molecule has 0 radical (unpaired) electrons. The van der Waals surface area contributed by atoms with Crippen molar-refractivity contribution < 1.29 is 4.74 Å². The molecule has 0 amide bonds. The maximum absolute atomic E-state index is 5.23. The average molecular weight is 247 g/mol. The first-order valence-corrected chi connectivity index (χ1v) is 7.19. The fourth-order valence-electron chi connectivity index (χ4n) is 3.04. The predicted octanol–water partition coefficient (Wildman–Crippen LogP) is 3.58. The second-order valence-corrected chi connectivity index (χ2v) is 5.27. The molecule has 100 valence electrons. The van der Waals surface area contributed by atoms with Crippen molar-refractivity contribution in [3.05, 3.63) is 29.8 Å². The smallest absolute Gasteiger partial charge is 0.118 e. The Bertz CT molecular complexity index is 347. The molecule has 0 spiro atoms. The third kappa shape index (κ3) is 3.26. The van der Waals surface area contributed by atoms with Crippen LogP contribution in [0, 0.1) is 5.92 Å². The Morgan fingerprint density at radius 1 is 1.22 bits per heavy atom. The van der Waals surface area contributed by atoms with Crippen LogP contribution >= 0.6 is 0 Å². The fourth-order valence-corrected chi connectivity index (χ4v) is 3.04. The molecule has 2 heteroatoms. The largest absolute Gasteiger partial charge is 0.497 e. The minimum absolute atomic E-state index is 0.736. The Hall–Kier alpha value is -1.02. The van der Waals surface area contributed by atoms with E-state index >= 15 is 0 Å². The van der Waals surface area contributed by atoms with Crippen LogP contribution in [0.1, 0.15) is 44.1 Å². The molecule has 0 aromatic heterocycles. The van der Waals surface area contributed by atoms with Crippen molar-refractivity contribution in [2.24, 2.45) is 5.92 Å². The second kappa shape index (κ2) is 6.79. The van der Waals surface area contributed by atoms with Gasteiger partial charge in [0.25, 0.3) is 0 Å². The van der Waals surface area contributed by atoms with Crippen LogP contribution in [-0.4, -0.2) is 20.2 Å². The average Bonchev–Trinajstić information content (AvgIpc) is 2.88. The lowest BCUT2D eigenvalue weighted by molar-refractivity contribution is 0.413. The van der Waals surface area contributed by atoms with Crippen LogP contribution in [0.5, 0.6) is 5.75 Å². The van der Waals surface area contributed by atoms with Gasteiger partial charge >= 0.3 is 0 Å².